The number of carbonyl (C=O) groups excluding carboxylic acids is 2. The Balaban J connectivity index is 2.77. The number of carboxylic acids is 1. The van der Waals surface area contributed by atoms with Crippen molar-refractivity contribution >= 4 is 23.6 Å². The molecule has 2 N–H and O–H groups in total. The van der Waals surface area contributed by atoms with Gasteiger partial charge in [0, 0.05) is 12.3 Å². The van der Waals surface area contributed by atoms with Crippen LogP contribution in [0.25, 0.3) is 0 Å². The summed E-state index contributed by atoms with van der Waals surface area (Å²) >= 11 is 0. The van der Waals surface area contributed by atoms with Gasteiger partial charge in [0.15, 0.2) is 0 Å². The Bertz CT molecular complexity index is 870. The van der Waals surface area contributed by atoms with E-state index in [1.165, 1.54) is 24.4 Å². The summed E-state index contributed by atoms with van der Waals surface area (Å²) in [4.78, 5) is 36.5. The highest BCUT2D eigenvalue weighted by atomic mass is 19.1. The maximum Gasteiger partial charge on any atom is 0.355 e. The van der Waals surface area contributed by atoms with Gasteiger partial charge in [0.1, 0.15) is 17.3 Å². The van der Waals surface area contributed by atoms with Gasteiger partial charge in [-0.3, -0.25) is 0 Å². The number of phenolic OH excluding ortho intramolecular Hbond substituents is 1. The molecule has 136 valence electrons. The zero-order valence-corrected chi connectivity index (χ0v) is 13.7. The van der Waals surface area contributed by atoms with Crippen LogP contribution in [0.2, 0.25) is 0 Å². The third-order valence-electron chi connectivity index (χ3n) is 3.44. The van der Waals surface area contributed by atoms with Gasteiger partial charge in [0.2, 0.25) is 0 Å². The molecule has 1 aromatic rings. The first-order chi connectivity index (χ1) is 12.3. The van der Waals surface area contributed by atoms with Crippen molar-refractivity contribution in [3.05, 3.63) is 59.2 Å². The maximum atomic E-state index is 13.7. The number of halogens is 1. The van der Waals surface area contributed by atoms with Gasteiger partial charge in [-0.05, 0) is 18.2 Å². The number of anilines is 1. The molecule has 26 heavy (non-hydrogen) atoms. The Kier molecular flexibility index (Phi) is 5.41. The number of carboxylic acid groups (broad SMARTS) is 1. The number of hydrogen-bond acceptors (Lipinski definition) is 7. The van der Waals surface area contributed by atoms with Crippen molar-refractivity contribution in [2.45, 2.75) is 0 Å². The van der Waals surface area contributed by atoms with Crippen LogP contribution in [0.4, 0.5) is 10.1 Å². The Hall–Kier alpha value is -3.62. The van der Waals surface area contributed by atoms with Gasteiger partial charge in [-0.1, -0.05) is 6.08 Å². The minimum atomic E-state index is -1.57. The average molecular weight is 363 g/mol. The molecule has 0 saturated heterocycles. The van der Waals surface area contributed by atoms with E-state index >= 15 is 0 Å². The molecule has 0 spiro atoms. The van der Waals surface area contributed by atoms with Crippen LogP contribution in [0.3, 0.4) is 0 Å². The number of carbonyl (C=O) groups is 3. The molecule has 0 aromatic heterocycles. The topological polar surface area (TPSA) is 113 Å². The second kappa shape index (κ2) is 7.51. The molecule has 0 fully saturated rings. The van der Waals surface area contributed by atoms with Crippen LogP contribution in [0.1, 0.15) is 10.4 Å². The molecular formula is C17H14FNO7. The predicted molar refractivity (Wildman–Crippen MR) is 86.8 cm³/mol. The first-order valence-electron chi connectivity index (χ1n) is 7.12. The van der Waals surface area contributed by atoms with Crippen LogP contribution < -0.4 is 4.90 Å². The monoisotopic (exact) mass is 363 g/mol. The first kappa shape index (κ1) is 18.7. The van der Waals surface area contributed by atoms with E-state index < -0.39 is 35.0 Å². The fourth-order valence-electron chi connectivity index (χ4n) is 2.26. The van der Waals surface area contributed by atoms with E-state index in [2.05, 4.69) is 9.47 Å². The molecule has 2 rings (SSSR count). The van der Waals surface area contributed by atoms with Gasteiger partial charge in [-0.2, -0.15) is 0 Å². The Morgan fingerprint density at radius 3 is 2.31 bits per heavy atom. The minimum Gasteiger partial charge on any atom is -0.506 e. The molecule has 8 nitrogen and oxygen atoms in total. The third kappa shape index (κ3) is 3.41. The van der Waals surface area contributed by atoms with Gasteiger partial charge in [-0.15, -0.1) is 0 Å². The smallest absolute Gasteiger partial charge is 0.355 e. The quantitative estimate of drug-likeness (QED) is 0.778. The highest BCUT2D eigenvalue weighted by Crippen LogP contribution is 2.35. The number of benzene rings is 1. The van der Waals surface area contributed by atoms with Crippen LogP contribution in [-0.2, 0) is 19.1 Å². The van der Waals surface area contributed by atoms with Crippen molar-refractivity contribution in [3.8, 4) is 5.75 Å². The summed E-state index contributed by atoms with van der Waals surface area (Å²) in [5.41, 5.74) is -1.52. The molecule has 0 bridgehead atoms. The van der Waals surface area contributed by atoms with Crippen molar-refractivity contribution < 1.29 is 38.5 Å². The van der Waals surface area contributed by atoms with Crippen molar-refractivity contribution in [1.29, 1.82) is 0 Å². The molecule has 1 aliphatic heterocycles. The molecule has 0 atom stereocenters. The molecular weight excluding hydrogens is 349 g/mol. The van der Waals surface area contributed by atoms with E-state index in [0.717, 1.165) is 25.2 Å². The number of aromatic hydroxyl groups is 1. The minimum absolute atomic E-state index is 0.204. The molecule has 1 aromatic carbocycles. The third-order valence-corrected chi connectivity index (χ3v) is 3.44. The lowest BCUT2D eigenvalue weighted by molar-refractivity contribution is -0.139. The van der Waals surface area contributed by atoms with Crippen LogP contribution >= 0.6 is 0 Å². The highest BCUT2D eigenvalue weighted by Gasteiger charge is 2.29. The number of esters is 2. The summed E-state index contributed by atoms with van der Waals surface area (Å²) in [6.45, 7) is 0. The number of allylic oxidation sites excluding steroid dienone is 2. The van der Waals surface area contributed by atoms with Gasteiger partial charge in [0.25, 0.3) is 0 Å². The van der Waals surface area contributed by atoms with Crippen LogP contribution in [0.15, 0.2) is 47.8 Å². The molecule has 0 radical (unpaired) electrons. The lowest BCUT2D eigenvalue weighted by Crippen LogP contribution is -2.27. The predicted octanol–water partition coefficient (Wildman–Crippen LogP) is 1.72. The van der Waals surface area contributed by atoms with Gasteiger partial charge in [-0.25, -0.2) is 18.8 Å². The fraction of sp³-hybridized carbons (Fsp3) is 0.118. The normalized spacial score (nSPS) is 13.4. The number of aromatic carboxylic acids is 1. The van der Waals surface area contributed by atoms with E-state index in [1.54, 1.807) is 0 Å². The van der Waals surface area contributed by atoms with Crippen LogP contribution in [-0.4, -0.2) is 42.3 Å². The molecule has 9 heteroatoms. The second-order valence-corrected chi connectivity index (χ2v) is 4.94. The fourth-order valence-corrected chi connectivity index (χ4v) is 2.26. The molecule has 0 saturated carbocycles. The summed E-state index contributed by atoms with van der Waals surface area (Å²) in [5.74, 6) is -5.20. The van der Waals surface area contributed by atoms with Crippen molar-refractivity contribution in [1.82, 2.24) is 0 Å². The van der Waals surface area contributed by atoms with E-state index in [9.17, 15) is 23.9 Å². The van der Waals surface area contributed by atoms with E-state index in [0.29, 0.717) is 6.07 Å². The van der Waals surface area contributed by atoms with E-state index in [-0.39, 0.29) is 17.0 Å². The van der Waals surface area contributed by atoms with Crippen molar-refractivity contribution in [3.63, 3.8) is 0 Å². The molecule has 0 unspecified atom stereocenters. The Morgan fingerprint density at radius 1 is 1.08 bits per heavy atom. The molecule has 0 amide bonds. The Labute approximate surface area is 147 Å². The molecule has 1 heterocycles. The van der Waals surface area contributed by atoms with Crippen molar-refractivity contribution in [2.24, 2.45) is 0 Å². The summed E-state index contributed by atoms with van der Waals surface area (Å²) in [6, 6.07) is 1.43. The Morgan fingerprint density at radius 2 is 1.73 bits per heavy atom. The lowest BCUT2D eigenvalue weighted by atomic mass is 10.1. The summed E-state index contributed by atoms with van der Waals surface area (Å²) in [6.07, 6.45) is 5.40. The summed E-state index contributed by atoms with van der Waals surface area (Å²) in [5, 5.41) is 19.2. The largest absolute Gasteiger partial charge is 0.506 e. The zero-order valence-electron chi connectivity index (χ0n) is 13.7. The number of nitrogens with zero attached hydrogens (tertiary/aromatic N) is 1. The van der Waals surface area contributed by atoms with Gasteiger partial charge < -0.3 is 24.6 Å². The molecule has 0 aliphatic carbocycles. The van der Waals surface area contributed by atoms with E-state index in [4.69, 9.17) is 5.11 Å². The number of ether oxygens (including phenoxy) is 2. The first-order valence-corrected chi connectivity index (χ1v) is 7.12. The van der Waals surface area contributed by atoms with Crippen LogP contribution in [0, 0.1) is 5.82 Å². The number of methoxy groups -OCH3 is 2. The number of phenols is 1. The summed E-state index contributed by atoms with van der Waals surface area (Å²) in [7, 11) is 2.19. The maximum absolute atomic E-state index is 13.7. The average Bonchev–Trinajstić information content (AvgIpc) is 2.83. The highest BCUT2D eigenvalue weighted by molar-refractivity contribution is 6.06. The number of rotatable bonds is 4. The zero-order chi connectivity index (χ0) is 19.4. The van der Waals surface area contributed by atoms with Crippen LogP contribution in [0.5, 0.6) is 5.75 Å². The molecule has 1 aliphatic rings. The lowest BCUT2D eigenvalue weighted by Gasteiger charge is -2.24. The second-order valence-electron chi connectivity index (χ2n) is 4.94. The van der Waals surface area contributed by atoms with E-state index in [1.807, 2.05) is 0 Å². The summed E-state index contributed by atoms with van der Waals surface area (Å²) < 4.78 is 23.1. The number of hydrogen-bond donors (Lipinski definition) is 2. The SMILES string of the molecule is COC(=O)C1=C(C(=O)OC)N(c2cc(C(=O)O)c(F)cc2O)C=CC=C1. The standard InChI is InChI=1S/C17H14FNO7/c1-25-16(23)9-5-3-4-6-19(14(9)17(24)26-2)12-7-10(15(21)22)11(18)8-13(12)20/h3-8,20H,1-2H3,(H,21,22). The van der Waals surface area contributed by atoms with Gasteiger partial charge >= 0.3 is 17.9 Å². The van der Waals surface area contributed by atoms with Gasteiger partial charge in [0.05, 0.1) is 31.0 Å². The van der Waals surface area contributed by atoms with Crippen molar-refractivity contribution in [2.75, 3.05) is 19.1 Å².